The third-order valence-electron chi connectivity index (χ3n) is 4.62. The first-order valence-electron chi connectivity index (χ1n) is 9.93. The molecule has 8 nitrogen and oxygen atoms in total. The number of rotatable bonds is 11. The first kappa shape index (κ1) is 24.5. The van der Waals surface area contributed by atoms with Crippen LogP contribution in [0.5, 0.6) is 17.2 Å². The molecule has 0 saturated carbocycles. The van der Waals surface area contributed by atoms with Gasteiger partial charge in [0.25, 0.3) is 5.91 Å². The van der Waals surface area contributed by atoms with Crippen LogP contribution in [0.2, 0.25) is 0 Å². The van der Waals surface area contributed by atoms with Gasteiger partial charge in [-0.25, -0.2) is 12.7 Å². The van der Waals surface area contributed by atoms with E-state index < -0.39 is 15.9 Å². The van der Waals surface area contributed by atoms with Crippen LogP contribution in [0.15, 0.2) is 41.3 Å². The lowest BCUT2D eigenvalue weighted by Crippen LogP contribution is -2.25. The van der Waals surface area contributed by atoms with Gasteiger partial charge < -0.3 is 19.5 Å². The molecular formula is C22H30N2O6S. The van der Waals surface area contributed by atoms with Gasteiger partial charge in [0.05, 0.1) is 20.8 Å². The number of hydrogen-bond donors (Lipinski definition) is 1. The predicted molar refractivity (Wildman–Crippen MR) is 118 cm³/mol. The summed E-state index contributed by atoms with van der Waals surface area (Å²) in [5.74, 6) is 1.01. The Labute approximate surface area is 184 Å². The van der Waals surface area contributed by atoms with Gasteiger partial charge in [0.1, 0.15) is 10.6 Å². The first-order chi connectivity index (χ1) is 14.7. The Morgan fingerprint density at radius 3 is 2.29 bits per heavy atom. The lowest BCUT2D eigenvalue weighted by atomic mass is 10.1. The summed E-state index contributed by atoms with van der Waals surface area (Å²) in [6.07, 6.45) is 1.99. The van der Waals surface area contributed by atoms with Gasteiger partial charge in [-0.15, -0.1) is 0 Å². The molecule has 0 bridgehead atoms. The predicted octanol–water partition coefficient (Wildman–Crippen LogP) is 3.06. The molecule has 0 fully saturated rings. The smallest absolute Gasteiger partial charge is 0.251 e. The van der Waals surface area contributed by atoms with E-state index in [2.05, 4.69) is 12.2 Å². The van der Waals surface area contributed by atoms with Crippen molar-refractivity contribution in [2.45, 2.75) is 31.2 Å². The molecule has 0 aliphatic carbocycles. The highest BCUT2D eigenvalue weighted by molar-refractivity contribution is 7.89. The second-order valence-corrected chi connectivity index (χ2v) is 9.14. The van der Waals surface area contributed by atoms with Gasteiger partial charge in [0.2, 0.25) is 10.0 Å². The highest BCUT2D eigenvalue weighted by Crippen LogP contribution is 2.29. The number of amides is 1. The molecule has 2 aromatic rings. The molecule has 0 radical (unpaired) electrons. The molecule has 31 heavy (non-hydrogen) atoms. The number of benzene rings is 2. The molecule has 0 spiro atoms. The summed E-state index contributed by atoms with van der Waals surface area (Å²) in [4.78, 5) is 12.6. The molecule has 1 N–H and O–H groups in total. The van der Waals surface area contributed by atoms with E-state index in [9.17, 15) is 13.2 Å². The van der Waals surface area contributed by atoms with Crippen LogP contribution in [0.3, 0.4) is 0 Å². The number of nitrogens with one attached hydrogen (secondary N) is 1. The zero-order valence-corrected chi connectivity index (χ0v) is 19.4. The molecular weight excluding hydrogens is 420 g/mol. The van der Waals surface area contributed by atoms with Gasteiger partial charge in [-0.2, -0.15) is 0 Å². The Kier molecular flexibility index (Phi) is 8.70. The fourth-order valence-electron chi connectivity index (χ4n) is 2.77. The van der Waals surface area contributed by atoms with Crippen molar-refractivity contribution < 1.29 is 27.4 Å². The minimum Gasteiger partial charge on any atom is -0.495 e. The lowest BCUT2D eigenvalue weighted by molar-refractivity contribution is 0.0950. The standard InChI is InChI=1S/C22H30N2O6S/c1-6-7-12-30-18-10-8-16(13-20(18)29-5)15-23-22(25)17-9-11-19(28-4)21(14-17)31(26,27)24(2)3/h8-11,13-14H,6-7,12,15H2,1-5H3,(H,23,25). The van der Waals surface area contributed by atoms with Crippen LogP contribution in [0.25, 0.3) is 0 Å². The number of methoxy groups -OCH3 is 2. The Bertz CT molecular complexity index is 1010. The molecule has 2 aromatic carbocycles. The summed E-state index contributed by atoms with van der Waals surface area (Å²) in [6, 6.07) is 9.77. The number of carbonyl (C=O) groups is 1. The van der Waals surface area contributed by atoms with Crippen molar-refractivity contribution in [1.29, 1.82) is 0 Å². The number of hydrogen-bond acceptors (Lipinski definition) is 6. The fourth-order valence-corrected chi connectivity index (χ4v) is 3.84. The van der Waals surface area contributed by atoms with Crippen LogP contribution in [0.1, 0.15) is 35.7 Å². The molecule has 2 rings (SSSR count). The summed E-state index contributed by atoms with van der Waals surface area (Å²) < 4.78 is 42.4. The van der Waals surface area contributed by atoms with Crippen molar-refractivity contribution in [1.82, 2.24) is 9.62 Å². The average Bonchev–Trinajstić information content (AvgIpc) is 2.77. The van der Waals surface area contributed by atoms with Crippen molar-refractivity contribution in [2.75, 3.05) is 34.9 Å². The maximum absolute atomic E-state index is 12.6. The summed E-state index contributed by atoms with van der Waals surface area (Å²) in [5.41, 5.74) is 1.04. The minimum absolute atomic E-state index is 0.0668. The molecule has 0 aliphatic heterocycles. The Morgan fingerprint density at radius 1 is 1.00 bits per heavy atom. The van der Waals surface area contributed by atoms with Crippen molar-refractivity contribution >= 4 is 15.9 Å². The van der Waals surface area contributed by atoms with Crippen molar-refractivity contribution in [3.8, 4) is 17.2 Å². The SMILES string of the molecule is CCCCOc1ccc(CNC(=O)c2ccc(OC)c(S(=O)(=O)N(C)C)c2)cc1OC. The summed E-state index contributed by atoms with van der Waals surface area (Å²) in [6.45, 7) is 2.94. The van der Waals surface area contributed by atoms with E-state index >= 15 is 0 Å². The topological polar surface area (TPSA) is 94.2 Å². The Morgan fingerprint density at radius 2 is 1.68 bits per heavy atom. The van der Waals surface area contributed by atoms with Crippen LogP contribution in [0.4, 0.5) is 0 Å². The van der Waals surface area contributed by atoms with E-state index in [0.29, 0.717) is 18.1 Å². The second-order valence-electron chi connectivity index (χ2n) is 7.02. The van der Waals surface area contributed by atoms with Gasteiger partial charge in [0.15, 0.2) is 11.5 Å². The van der Waals surface area contributed by atoms with E-state index in [1.165, 1.54) is 39.4 Å². The number of carbonyl (C=O) groups excluding carboxylic acids is 1. The zero-order valence-electron chi connectivity index (χ0n) is 18.6. The number of ether oxygens (including phenoxy) is 3. The molecule has 0 heterocycles. The lowest BCUT2D eigenvalue weighted by Gasteiger charge is -2.16. The summed E-state index contributed by atoms with van der Waals surface area (Å²) >= 11 is 0. The van der Waals surface area contributed by atoms with Crippen LogP contribution in [-0.2, 0) is 16.6 Å². The normalized spacial score (nSPS) is 11.3. The maximum atomic E-state index is 12.6. The van der Waals surface area contributed by atoms with Crippen LogP contribution >= 0.6 is 0 Å². The first-order valence-corrected chi connectivity index (χ1v) is 11.4. The molecule has 0 atom stereocenters. The van der Waals surface area contributed by atoms with Gasteiger partial charge in [-0.1, -0.05) is 19.4 Å². The third kappa shape index (κ3) is 6.11. The average molecular weight is 451 g/mol. The molecule has 170 valence electrons. The maximum Gasteiger partial charge on any atom is 0.251 e. The van der Waals surface area contributed by atoms with E-state index in [1.807, 2.05) is 12.1 Å². The van der Waals surface area contributed by atoms with Crippen molar-refractivity contribution in [2.24, 2.45) is 0 Å². The van der Waals surface area contributed by atoms with Crippen molar-refractivity contribution in [3.05, 3.63) is 47.5 Å². The molecule has 1 amide bonds. The third-order valence-corrected chi connectivity index (χ3v) is 6.46. The quantitative estimate of drug-likeness (QED) is 0.529. The van der Waals surface area contributed by atoms with E-state index in [0.717, 1.165) is 22.7 Å². The molecule has 0 saturated heterocycles. The Balaban J connectivity index is 2.16. The fraction of sp³-hybridized carbons (Fsp3) is 0.409. The van der Waals surface area contributed by atoms with Gasteiger partial charge in [0, 0.05) is 26.2 Å². The summed E-state index contributed by atoms with van der Waals surface area (Å²) in [5, 5.41) is 2.80. The molecule has 0 aromatic heterocycles. The molecule has 0 aliphatic rings. The van der Waals surface area contributed by atoms with Gasteiger partial charge in [-0.3, -0.25) is 4.79 Å². The summed E-state index contributed by atoms with van der Waals surface area (Å²) in [7, 11) is 2.02. The number of unbranched alkanes of at least 4 members (excludes halogenated alkanes) is 1. The van der Waals surface area contributed by atoms with E-state index in [1.54, 1.807) is 13.2 Å². The van der Waals surface area contributed by atoms with E-state index in [-0.39, 0.29) is 22.8 Å². The van der Waals surface area contributed by atoms with E-state index in [4.69, 9.17) is 14.2 Å². The number of sulfonamides is 1. The number of nitrogens with zero attached hydrogens (tertiary/aromatic N) is 1. The van der Waals surface area contributed by atoms with Crippen LogP contribution in [-0.4, -0.2) is 53.6 Å². The Hall–Kier alpha value is -2.78. The van der Waals surface area contributed by atoms with Crippen LogP contribution in [0, 0.1) is 0 Å². The monoisotopic (exact) mass is 450 g/mol. The van der Waals surface area contributed by atoms with Gasteiger partial charge >= 0.3 is 0 Å². The highest BCUT2D eigenvalue weighted by Gasteiger charge is 2.24. The van der Waals surface area contributed by atoms with Crippen molar-refractivity contribution in [3.63, 3.8) is 0 Å². The zero-order chi connectivity index (χ0) is 23.0. The molecule has 0 unspecified atom stereocenters. The second kappa shape index (κ2) is 11.0. The largest absolute Gasteiger partial charge is 0.495 e. The van der Waals surface area contributed by atoms with Crippen LogP contribution < -0.4 is 19.5 Å². The highest BCUT2D eigenvalue weighted by atomic mass is 32.2. The minimum atomic E-state index is -3.77. The molecule has 9 heteroatoms. The van der Waals surface area contributed by atoms with Gasteiger partial charge in [-0.05, 0) is 42.3 Å².